The van der Waals surface area contributed by atoms with Crippen LogP contribution < -0.4 is 19.1 Å². The number of rotatable bonds is 10. The van der Waals surface area contributed by atoms with Crippen molar-refractivity contribution in [1.82, 2.24) is 29.7 Å². The van der Waals surface area contributed by atoms with Crippen LogP contribution in [-0.4, -0.2) is 106 Å². The molecule has 6 heterocycles. The van der Waals surface area contributed by atoms with Crippen LogP contribution in [0.5, 0.6) is 17.4 Å². The standard InChI is InChI=1S/C49H45ClFN7O6S/c1-29-35-13-14-37(44(29)50)58(23-22-57-20-18-56(2)19-21-57)41(59)25-30-8-15-38(63-27-34-16-17-52-46(55-34)36-6-4-5-7-39(36)62-3)32(24-30)26-40(49(60)61)64-47-43-42(35)45(65-48(43)54-28-53-47)31-9-11-33(51)12-10-31/h4-17,24,28,40H,18-23,25-27H2,1-3H3,(H,60,61)/t40-/m1/s1. The lowest BCUT2D eigenvalue weighted by atomic mass is 9.95. The Hall–Kier alpha value is -6.52. The monoisotopic (exact) mass is 913 g/mol. The quantitative estimate of drug-likeness (QED) is 0.141. The van der Waals surface area contributed by atoms with Crippen LogP contribution in [0.4, 0.5) is 10.1 Å². The van der Waals surface area contributed by atoms with Gasteiger partial charge in [-0.15, -0.1) is 11.3 Å². The molecule has 0 spiro atoms. The largest absolute Gasteiger partial charge is 0.496 e. The number of methoxy groups -OCH3 is 1. The number of hydrogen-bond donors (Lipinski definition) is 1. The second kappa shape index (κ2) is 18.9. The fraction of sp³-hybridized carbons (Fsp3) is 0.265. The number of ether oxygens (including phenoxy) is 3. The predicted molar refractivity (Wildman–Crippen MR) is 249 cm³/mol. The van der Waals surface area contributed by atoms with E-state index < -0.39 is 17.9 Å². The van der Waals surface area contributed by atoms with Crippen LogP contribution in [0.2, 0.25) is 5.02 Å². The molecule has 1 N–H and O–H groups in total. The number of benzene rings is 4. The van der Waals surface area contributed by atoms with Gasteiger partial charge in [0.1, 0.15) is 35.1 Å². The van der Waals surface area contributed by atoms with Crippen molar-refractivity contribution in [1.29, 1.82) is 0 Å². The second-order valence-electron chi connectivity index (χ2n) is 16.1. The van der Waals surface area contributed by atoms with Crippen molar-refractivity contribution < 1.29 is 33.3 Å². The number of carbonyl (C=O) groups is 2. The first-order chi connectivity index (χ1) is 31.5. The Morgan fingerprint density at radius 1 is 0.954 bits per heavy atom. The molecule has 65 heavy (non-hydrogen) atoms. The number of fused-ring (bicyclic) bond motifs is 6. The van der Waals surface area contributed by atoms with Crippen LogP contribution >= 0.6 is 22.9 Å². The Morgan fingerprint density at radius 3 is 2.54 bits per heavy atom. The third-order valence-electron chi connectivity index (χ3n) is 11.9. The van der Waals surface area contributed by atoms with Gasteiger partial charge in [-0.05, 0) is 84.3 Å². The topological polar surface area (TPSA) is 143 Å². The highest BCUT2D eigenvalue weighted by Gasteiger charge is 2.30. The lowest BCUT2D eigenvalue weighted by Gasteiger charge is -2.34. The number of hydrogen-bond acceptors (Lipinski definition) is 12. The van der Waals surface area contributed by atoms with Crippen molar-refractivity contribution in [2.45, 2.75) is 32.5 Å². The number of carboxylic acids is 1. The van der Waals surface area contributed by atoms with E-state index in [0.717, 1.165) is 36.6 Å². The van der Waals surface area contributed by atoms with Gasteiger partial charge in [0.15, 0.2) is 5.82 Å². The van der Waals surface area contributed by atoms with E-state index in [1.165, 1.54) is 29.8 Å². The number of anilines is 1. The molecule has 0 radical (unpaired) electrons. The Kier molecular flexibility index (Phi) is 12.7. The summed E-state index contributed by atoms with van der Waals surface area (Å²) in [6, 6.07) is 24.5. The number of carbonyl (C=O) groups excluding carboxylic acids is 1. The number of amides is 1. The molecular formula is C49H45ClFN7O6S. The summed E-state index contributed by atoms with van der Waals surface area (Å²) in [5.74, 6) is -0.287. The van der Waals surface area contributed by atoms with Gasteiger partial charge in [-0.2, -0.15) is 0 Å². The van der Waals surface area contributed by atoms with E-state index >= 15 is 0 Å². The van der Waals surface area contributed by atoms with E-state index in [1.54, 1.807) is 48.5 Å². The first-order valence-corrected chi connectivity index (χ1v) is 22.4. The molecule has 0 unspecified atom stereocenters. The van der Waals surface area contributed by atoms with Gasteiger partial charge in [-0.1, -0.05) is 54.1 Å². The van der Waals surface area contributed by atoms with Gasteiger partial charge in [0.05, 0.1) is 40.9 Å². The Morgan fingerprint density at radius 2 is 1.75 bits per heavy atom. The van der Waals surface area contributed by atoms with Crippen molar-refractivity contribution in [3.05, 3.63) is 131 Å². The molecule has 332 valence electrons. The van der Waals surface area contributed by atoms with Crippen molar-refractivity contribution >= 4 is 50.7 Å². The second-order valence-corrected chi connectivity index (χ2v) is 17.4. The number of nitrogens with zero attached hydrogens (tertiary/aromatic N) is 7. The fourth-order valence-corrected chi connectivity index (χ4v) is 9.73. The van der Waals surface area contributed by atoms with Gasteiger partial charge >= 0.3 is 5.97 Å². The van der Waals surface area contributed by atoms with Gasteiger partial charge in [0, 0.05) is 62.3 Å². The van der Waals surface area contributed by atoms with Crippen LogP contribution in [0.3, 0.4) is 0 Å². The molecule has 16 heteroatoms. The van der Waals surface area contributed by atoms with E-state index in [0.29, 0.717) is 90.4 Å². The summed E-state index contributed by atoms with van der Waals surface area (Å²) in [4.78, 5) is 54.0. The van der Waals surface area contributed by atoms with Gasteiger partial charge < -0.3 is 29.1 Å². The molecule has 13 nitrogen and oxygen atoms in total. The Labute approximate surface area is 384 Å². The number of likely N-dealkylation sites (N-methyl/N-ethyl adjacent to an activating group) is 1. The number of thiophene rings is 1. The summed E-state index contributed by atoms with van der Waals surface area (Å²) >= 11 is 8.72. The van der Waals surface area contributed by atoms with Gasteiger partial charge in [-0.25, -0.2) is 29.1 Å². The number of carboxylic acid groups (broad SMARTS) is 1. The number of halogens is 2. The van der Waals surface area contributed by atoms with Crippen LogP contribution in [0.15, 0.2) is 97.5 Å². The number of aliphatic carboxylic acids is 1. The van der Waals surface area contributed by atoms with Crippen molar-refractivity contribution in [2.75, 3.05) is 58.3 Å². The smallest absolute Gasteiger partial charge is 0.345 e. The number of para-hydroxylation sites is 1. The fourth-order valence-electron chi connectivity index (χ4n) is 8.31. The summed E-state index contributed by atoms with van der Waals surface area (Å²) < 4.78 is 32.7. The summed E-state index contributed by atoms with van der Waals surface area (Å²) in [6.07, 6.45) is 1.37. The van der Waals surface area contributed by atoms with E-state index in [1.807, 2.05) is 49.4 Å². The minimum absolute atomic E-state index is 0.00412. The Bertz CT molecular complexity index is 2910. The molecule has 1 fully saturated rings. The minimum Gasteiger partial charge on any atom is -0.496 e. The lowest BCUT2D eigenvalue weighted by molar-refractivity contribution is -0.145. The Balaban J connectivity index is 1.15. The highest BCUT2D eigenvalue weighted by atomic mass is 35.5. The van der Waals surface area contributed by atoms with Crippen molar-refractivity contribution in [3.8, 4) is 50.3 Å². The average molecular weight is 914 g/mol. The summed E-state index contributed by atoms with van der Waals surface area (Å²) in [5, 5.41) is 11.7. The van der Waals surface area contributed by atoms with Gasteiger partial charge in [0.25, 0.3) is 0 Å². The maximum absolute atomic E-state index is 14.7. The summed E-state index contributed by atoms with van der Waals surface area (Å²) in [6.45, 7) is 6.55. The maximum atomic E-state index is 14.7. The van der Waals surface area contributed by atoms with E-state index in [2.05, 4.69) is 31.8 Å². The van der Waals surface area contributed by atoms with E-state index in [-0.39, 0.29) is 31.2 Å². The molecule has 0 aliphatic carbocycles. The summed E-state index contributed by atoms with van der Waals surface area (Å²) in [7, 11) is 3.69. The van der Waals surface area contributed by atoms with E-state index in [9.17, 15) is 19.1 Å². The zero-order valence-electron chi connectivity index (χ0n) is 36.0. The molecular weight excluding hydrogens is 869 g/mol. The molecule has 7 aromatic rings. The highest BCUT2D eigenvalue weighted by molar-refractivity contribution is 7.22. The molecule has 3 aromatic heterocycles. The van der Waals surface area contributed by atoms with Crippen LogP contribution in [0, 0.1) is 12.7 Å². The molecule has 10 rings (SSSR count). The third-order valence-corrected chi connectivity index (χ3v) is 13.5. The van der Waals surface area contributed by atoms with E-state index in [4.69, 9.17) is 30.8 Å². The predicted octanol–water partition coefficient (Wildman–Crippen LogP) is 8.38. The highest BCUT2D eigenvalue weighted by Crippen LogP contribution is 2.50. The minimum atomic E-state index is -1.46. The summed E-state index contributed by atoms with van der Waals surface area (Å²) in [5.41, 5.74) is 5.75. The van der Waals surface area contributed by atoms with Crippen LogP contribution in [-0.2, 0) is 29.0 Å². The number of piperazine rings is 1. The molecule has 1 amide bonds. The molecule has 3 aliphatic heterocycles. The van der Waals surface area contributed by atoms with Crippen LogP contribution in [0.1, 0.15) is 22.4 Å². The molecule has 3 aliphatic rings. The van der Waals surface area contributed by atoms with Crippen LogP contribution in [0.25, 0.3) is 43.2 Å². The van der Waals surface area contributed by atoms with Crippen molar-refractivity contribution in [3.63, 3.8) is 0 Å². The first kappa shape index (κ1) is 43.7. The third kappa shape index (κ3) is 9.23. The van der Waals surface area contributed by atoms with Crippen molar-refractivity contribution in [2.24, 2.45) is 0 Å². The van der Waals surface area contributed by atoms with Gasteiger partial charge in [0.2, 0.25) is 17.9 Å². The molecule has 1 saturated heterocycles. The zero-order valence-corrected chi connectivity index (χ0v) is 37.5. The maximum Gasteiger partial charge on any atom is 0.345 e. The zero-order chi connectivity index (χ0) is 45.2. The first-order valence-electron chi connectivity index (χ1n) is 21.2. The average Bonchev–Trinajstić information content (AvgIpc) is 3.70. The number of aromatic nitrogens is 4. The van der Waals surface area contributed by atoms with Gasteiger partial charge in [-0.3, -0.25) is 9.69 Å². The molecule has 0 saturated carbocycles. The molecule has 4 aromatic carbocycles. The normalized spacial score (nSPS) is 15.9. The SMILES string of the molecule is COc1ccccc1-c1nccc(COc2ccc3cc2C[C@H](C(=O)O)Oc2ncnc4sc(-c5ccc(F)cc5)c(c24)-c2ccc(c(Cl)c2C)N(CCN2CCN(C)CC2)C(=O)C3)n1. The molecule has 1 atom stereocenters. The lowest BCUT2D eigenvalue weighted by Crippen LogP contribution is -2.48. The molecule has 4 bridgehead atoms.